The van der Waals surface area contributed by atoms with Crippen molar-refractivity contribution in [2.24, 2.45) is 0 Å². The molecule has 0 spiro atoms. The van der Waals surface area contributed by atoms with E-state index in [0.29, 0.717) is 21.1 Å². The van der Waals surface area contributed by atoms with Crippen LogP contribution in [0.5, 0.6) is 5.75 Å². The largest absolute Gasteiger partial charge is 0.484 e. The summed E-state index contributed by atoms with van der Waals surface area (Å²) >= 11 is 15.3. The summed E-state index contributed by atoms with van der Waals surface area (Å²) in [7, 11) is 0. The van der Waals surface area contributed by atoms with E-state index in [4.69, 9.17) is 27.9 Å². The van der Waals surface area contributed by atoms with Crippen molar-refractivity contribution in [2.45, 2.75) is 19.4 Å². The minimum absolute atomic E-state index is 0.325. The molecule has 0 saturated heterocycles. The molecular weight excluding hydrogens is 287 g/mol. The van der Waals surface area contributed by atoms with E-state index in [1.807, 2.05) is 13.8 Å². The molecule has 0 aliphatic rings. The fourth-order valence-electron chi connectivity index (χ4n) is 0.884. The molecule has 1 aromatic carbocycles. The van der Waals surface area contributed by atoms with Gasteiger partial charge in [-0.2, -0.15) is 0 Å². The molecule has 0 radical (unpaired) electrons. The second-order valence-electron chi connectivity index (χ2n) is 3.55. The Bertz CT molecular complexity index is 306. The van der Waals surface area contributed by atoms with E-state index in [0.717, 1.165) is 0 Å². The molecule has 14 heavy (non-hydrogen) atoms. The summed E-state index contributed by atoms with van der Waals surface area (Å²) < 4.78 is 5.70. The van der Waals surface area contributed by atoms with Crippen molar-refractivity contribution in [2.75, 3.05) is 5.33 Å². The summed E-state index contributed by atoms with van der Waals surface area (Å²) in [6.07, 6.45) is 0. The van der Waals surface area contributed by atoms with Crippen LogP contribution in [-0.2, 0) is 0 Å². The van der Waals surface area contributed by atoms with Gasteiger partial charge in [-0.15, -0.1) is 0 Å². The number of halogens is 3. The first-order valence-corrected chi connectivity index (χ1v) is 6.03. The van der Waals surface area contributed by atoms with Gasteiger partial charge in [0.15, 0.2) is 5.75 Å². The van der Waals surface area contributed by atoms with Crippen LogP contribution in [0.2, 0.25) is 10.0 Å². The molecule has 0 aliphatic heterocycles. The minimum atomic E-state index is -0.325. The smallest absolute Gasteiger partial charge is 0.157 e. The van der Waals surface area contributed by atoms with Crippen LogP contribution in [0.4, 0.5) is 0 Å². The van der Waals surface area contributed by atoms with E-state index in [9.17, 15) is 0 Å². The Hall–Kier alpha value is 0.0800. The standard InChI is InChI=1S/C10H11BrCl2O/c1-10(2,6-11)14-9-7(12)4-3-5-8(9)13/h3-5H,6H2,1-2H3. The average molecular weight is 298 g/mol. The Morgan fingerprint density at radius 1 is 1.29 bits per heavy atom. The van der Waals surface area contributed by atoms with E-state index >= 15 is 0 Å². The molecule has 0 unspecified atom stereocenters. The van der Waals surface area contributed by atoms with E-state index in [-0.39, 0.29) is 5.60 Å². The molecule has 0 amide bonds. The van der Waals surface area contributed by atoms with Crippen molar-refractivity contribution in [1.82, 2.24) is 0 Å². The van der Waals surface area contributed by atoms with Gasteiger partial charge in [0.2, 0.25) is 0 Å². The van der Waals surface area contributed by atoms with Crippen molar-refractivity contribution < 1.29 is 4.74 Å². The van der Waals surface area contributed by atoms with Crippen LogP contribution >= 0.6 is 39.1 Å². The number of para-hydroxylation sites is 1. The SMILES string of the molecule is CC(C)(CBr)Oc1c(Cl)cccc1Cl. The summed E-state index contributed by atoms with van der Waals surface area (Å²) in [6, 6.07) is 5.30. The monoisotopic (exact) mass is 296 g/mol. The lowest BCUT2D eigenvalue weighted by Gasteiger charge is -2.25. The number of alkyl halides is 1. The summed E-state index contributed by atoms with van der Waals surface area (Å²) in [5.74, 6) is 0.542. The van der Waals surface area contributed by atoms with Gasteiger partial charge in [-0.05, 0) is 26.0 Å². The predicted octanol–water partition coefficient (Wildman–Crippen LogP) is 4.55. The number of ether oxygens (including phenoxy) is 1. The lowest BCUT2D eigenvalue weighted by Crippen LogP contribution is -2.30. The average Bonchev–Trinajstić information content (AvgIpc) is 2.12. The molecule has 1 nitrogen and oxygen atoms in total. The summed E-state index contributed by atoms with van der Waals surface area (Å²) in [5.41, 5.74) is -0.325. The van der Waals surface area contributed by atoms with Crippen molar-refractivity contribution in [3.05, 3.63) is 28.2 Å². The maximum Gasteiger partial charge on any atom is 0.157 e. The van der Waals surface area contributed by atoms with Gasteiger partial charge >= 0.3 is 0 Å². The number of benzene rings is 1. The molecule has 1 rings (SSSR count). The van der Waals surface area contributed by atoms with E-state index < -0.39 is 0 Å². The Labute approximate surface area is 102 Å². The molecule has 4 heteroatoms. The van der Waals surface area contributed by atoms with E-state index in [1.165, 1.54) is 0 Å². The summed E-state index contributed by atoms with van der Waals surface area (Å²) in [4.78, 5) is 0. The normalized spacial score (nSPS) is 11.5. The number of rotatable bonds is 3. The molecule has 0 aromatic heterocycles. The lowest BCUT2D eigenvalue weighted by molar-refractivity contribution is 0.137. The van der Waals surface area contributed by atoms with Gasteiger partial charge < -0.3 is 4.74 Å². The fraction of sp³-hybridized carbons (Fsp3) is 0.400. The lowest BCUT2D eigenvalue weighted by atomic mass is 10.2. The van der Waals surface area contributed by atoms with E-state index in [1.54, 1.807) is 18.2 Å². The van der Waals surface area contributed by atoms with Gasteiger partial charge in [-0.25, -0.2) is 0 Å². The second kappa shape index (κ2) is 4.73. The zero-order chi connectivity index (χ0) is 10.8. The summed E-state index contributed by atoms with van der Waals surface area (Å²) in [6.45, 7) is 3.92. The van der Waals surface area contributed by atoms with Gasteiger partial charge in [0, 0.05) is 5.33 Å². The molecule has 0 heterocycles. The maximum absolute atomic E-state index is 5.97. The van der Waals surface area contributed by atoms with Crippen molar-refractivity contribution in [1.29, 1.82) is 0 Å². The molecule has 0 N–H and O–H groups in total. The maximum atomic E-state index is 5.97. The zero-order valence-corrected chi connectivity index (χ0v) is 11.1. The number of hydrogen-bond acceptors (Lipinski definition) is 1. The van der Waals surface area contributed by atoms with Crippen molar-refractivity contribution in [3.8, 4) is 5.75 Å². The van der Waals surface area contributed by atoms with Crippen molar-refractivity contribution in [3.63, 3.8) is 0 Å². The van der Waals surface area contributed by atoms with Crippen LogP contribution in [0.25, 0.3) is 0 Å². The molecular formula is C10H11BrCl2O. The van der Waals surface area contributed by atoms with Crippen LogP contribution in [0, 0.1) is 0 Å². The third-order valence-electron chi connectivity index (χ3n) is 1.62. The van der Waals surface area contributed by atoms with Crippen LogP contribution in [0.1, 0.15) is 13.8 Å². The fourth-order valence-corrected chi connectivity index (χ4v) is 1.47. The predicted molar refractivity (Wildman–Crippen MR) is 65.0 cm³/mol. The summed E-state index contributed by atoms with van der Waals surface area (Å²) in [5, 5.41) is 1.78. The molecule has 0 bridgehead atoms. The highest BCUT2D eigenvalue weighted by atomic mass is 79.9. The van der Waals surface area contributed by atoms with Crippen molar-refractivity contribution >= 4 is 39.1 Å². The van der Waals surface area contributed by atoms with Crippen LogP contribution < -0.4 is 4.74 Å². The third-order valence-corrected chi connectivity index (χ3v) is 3.56. The Kier molecular flexibility index (Phi) is 4.11. The van der Waals surface area contributed by atoms with Gasteiger partial charge in [0.05, 0.1) is 10.0 Å². The first kappa shape index (κ1) is 12.2. The molecule has 0 atom stereocenters. The molecule has 0 aliphatic carbocycles. The third kappa shape index (κ3) is 3.04. The molecule has 0 saturated carbocycles. The quantitative estimate of drug-likeness (QED) is 0.744. The van der Waals surface area contributed by atoms with Gasteiger partial charge in [-0.3, -0.25) is 0 Å². The van der Waals surface area contributed by atoms with Crippen LogP contribution in [0.15, 0.2) is 18.2 Å². The molecule has 78 valence electrons. The van der Waals surface area contributed by atoms with Gasteiger partial charge in [0.1, 0.15) is 5.60 Å². The van der Waals surface area contributed by atoms with Crippen LogP contribution in [-0.4, -0.2) is 10.9 Å². The zero-order valence-electron chi connectivity index (χ0n) is 7.98. The first-order valence-electron chi connectivity index (χ1n) is 4.15. The Morgan fingerprint density at radius 2 is 1.79 bits per heavy atom. The molecule has 0 fully saturated rings. The number of hydrogen-bond donors (Lipinski definition) is 0. The highest BCUT2D eigenvalue weighted by Gasteiger charge is 2.20. The van der Waals surface area contributed by atoms with Crippen LogP contribution in [0.3, 0.4) is 0 Å². The topological polar surface area (TPSA) is 9.23 Å². The highest BCUT2D eigenvalue weighted by molar-refractivity contribution is 9.09. The highest BCUT2D eigenvalue weighted by Crippen LogP contribution is 2.35. The van der Waals surface area contributed by atoms with E-state index in [2.05, 4.69) is 15.9 Å². The van der Waals surface area contributed by atoms with Gasteiger partial charge in [0.25, 0.3) is 0 Å². The first-order chi connectivity index (χ1) is 6.46. The Morgan fingerprint density at radius 3 is 2.21 bits per heavy atom. The minimum Gasteiger partial charge on any atom is -0.484 e. The molecule has 1 aromatic rings. The second-order valence-corrected chi connectivity index (χ2v) is 4.92. The van der Waals surface area contributed by atoms with Gasteiger partial charge in [-0.1, -0.05) is 45.2 Å². The Balaban J connectivity index is 2.97.